The molecule has 1 aliphatic rings. The molecule has 0 spiro atoms. The maximum atomic E-state index is 12.9. The average molecular weight is 469 g/mol. The Morgan fingerprint density at radius 1 is 1.00 bits per heavy atom. The van der Waals surface area contributed by atoms with Crippen LogP contribution in [0.4, 0.5) is 0 Å². The van der Waals surface area contributed by atoms with Gasteiger partial charge in [-0.2, -0.15) is 0 Å². The molecular weight excluding hydrogens is 444 g/mol. The van der Waals surface area contributed by atoms with Crippen molar-refractivity contribution in [2.24, 2.45) is 0 Å². The summed E-state index contributed by atoms with van der Waals surface area (Å²) in [6.45, 7) is 2.42. The Morgan fingerprint density at radius 2 is 1.73 bits per heavy atom. The number of nitrogens with zero attached hydrogens (tertiary/aromatic N) is 3. The van der Waals surface area contributed by atoms with Crippen LogP contribution in [0.2, 0.25) is 0 Å². The first-order valence-corrected chi connectivity index (χ1v) is 11.2. The summed E-state index contributed by atoms with van der Waals surface area (Å²) in [7, 11) is 0. The molecule has 4 rings (SSSR count). The molecule has 1 aliphatic heterocycles. The molecule has 1 aromatic heterocycles. The second kappa shape index (κ2) is 9.43. The van der Waals surface area contributed by atoms with Crippen LogP contribution in [0.1, 0.15) is 35.4 Å². The molecule has 3 aromatic rings. The smallest absolute Gasteiger partial charge is 0.251 e. The van der Waals surface area contributed by atoms with Gasteiger partial charge in [0.05, 0.1) is 11.0 Å². The van der Waals surface area contributed by atoms with Gasteiger partial charge in [-0.3, -0.25) is 9.59 Å². The summed E-state index contributed by atoms with van der Waals surface area (Å²) in [4.78, 5) is 31.9. The molecule has 1 N–H and O–H groups in total. The molecule has 0 radical (unpaired) electrons. The standard InChI is InChI=1S/C23H25BrN4O2/c24-18-10-8-17(9-11-18)23(30)25-13-12-21-26-19-6-2-3-7-20(19)28(21)16-22(29)27-14-4-1-5-15-27/h2-3,6-11H,1,4-5,12-16H2,(H,25,30). The van der Waals surface area contributed by atoms with E-state index in [2.05, 4.69) is 21.2 Å². The molecule has 1 saturated heterocycles. The van der Waals surface area contributed by atoms with Crippen LogP contribution in [0.5, 0.6) is 0 Å². The van der Waals surface area contributed by atoms with Crippen LogP contribution < -0.4 is 5.32 Å². The number of hydrogen-bond donors (Lipinski definition) is 1. The van der Waals surface area contributed by atoms with Crippen molar-refractivity contribution >= 4 is 38.8 Å². The molecule has 0 atom stereocenters. The van der Waals surface area contributed by atoms with Gasteiger partial charge < -0.3 is 14.8 Å². The Kier molecular flexibility index (Phi) is 6.47. The number of piperidine rings is 1. The van der Waals surface area contributed by atoms with E-state index in [1.54, 1.807) is 12.1 Å². The number of carbonyl (C=O) groups is 2. The van der Waals surface area contributed by atoms with Gasteiger partial charge in [-0.05, 0) is 55.7 Å². The number of fused-ring (bicyclic) bond motifs is 1. The van der Waals surface area contributed by atoms with Crippen LogP contribution in [0, 0.1) is 0 Å². The molecule has 0 unspecified atom stereocenters. The fourth-order valence-corrected chi connectivity index (χ4v) is 4.13. The van der Waals surface area contributed by atoms with E-state index in [9.17, 15) is 9.59 Å². The summed E-state index contributed by atoms with van der Waals surface area (Å²) in [6.07, 6.45) is 3.90. The van der Waals surface area contributed by atoms with Crippen LogP contribution in [0.3, 0.4) is 0 Å². The van der Waals surface area contributed by atoms with Crippen molar-refractivity contribution in [3.63, 3.8) is 0 Å². The third-order valence-corrected chi connectivity index (χ3v) is 6.00. The number of amides is 2. The summed E-state index contributed by atoms with van der Waals surface area (Å²) in [6, 6.07) is 15.1. The number of nitrogens with one attached hydrogen (secondary N) is 1. The maximum Gasteiger partial charge on any atom is 0.251 e. The second-order valence-corrected chi connectivity index (χ2v) is 8.47. The number of carbonyl (C=O) groups excluding carboxylic acids is 2. The molecule has 6 nitrogen and oxygen atoms in total. The van der Waals surface area contributed by atoms with Gasteiger partial charge in [-0.15, -0.1) is 0 Å². The van der Waals surface area contributed by atoms with Gasteiger partial charge in [0.1, 0.15) is 12.4 Å². The van der Waals surface area contributed by atoms with E-state index >= 15 is 0 Å². The van der Waals surface area contributed by atoms with Gasteiger partial charge in [-0.25, -0.2) is 4.98 Å². The first-order chi connectivity index (χ1) is 14.6. The zero-order chi connectivity index (χ0) is 20.9. The lowest BCUT2D eigenvalue weighted by molar-refractivity contribution is -0.132. The molecule has 1 fully saturated rings. The first kappa shape index (κ1) is 20.6. The number of likely N-dealkylation sites (tertiary alicyclic amines) is 1. The minimum Gasteiger partial charge on any atom is -0.352 e. The van der Waals surface area contributed by atoms with Crippen molar-refractivity contribution in [2.75, 3.05) is 19.6 Å². The summed E-state index contributed by atoms with van der Waals surface area (Å²) in [5.74, 6) is 0.838. The zero-order valence-electron chi connectivity index (χ0n) is 16.8. The third-order valence-electron chi connectivity index (χ3n) is 5.48. The maximum absolute atomic E-state index is 12.9. The van der Waals surface area contributed by atoms with E-state index in [1.165, 1.54) is 6.42 Å². The fourth-order valence-electron chi connectivity index (χ4n) is 3.86. The number of benzene rings is 2. The normalized spacial score (nSPS) is 14.1. The van der Waals surface area contributed by atoms with Crippen molar-refractivity contribution in [1.82, 2.24) is 19.8 Å². The van der Waals surface area contributed by atoms with E-state index in [4.69, 9.17) is 4.98 Å². The van der Waals surface area contributed by atoms with Crippen molar-refractivity contribution < 1.29 is 9.59 Å². The fraction of sp³-hybridized carbons (Fsp3) is 0.348. The summed E-state index contributed by atoms with van der Waals surface area (Å²) >= 11 is 3.38. The highest BCUT2D eigenvalue weighted by molar-refractivity contribution is 9.10. The minimum absolute atomic E-state index is 0.116. The summed E-state index contributed by atoms with van der Waals surface area (Å²) in [5.41, 5.74) is 2.45. The Morgan fingerprint density at radius 3 is 2.50 bits per heavy atom. The molecule has 2 heterocycles. The Bertz CT molecular complexity index is 1040. The number of aromatic nitrogens is 2. The van der Waals surface area contributed by atoms with E-state index in [0.29, 0.717) is 18.5 Å². The second-order valence-electron chi connectivity index (χ2n) is 7.56. The number of para-hydroxylation sites is 2. The lowest BCUT2D eigenvalue weighted by Crippen LogP contribution is -2.38. The van der Waals surface area contributed by atoms with Gasteiger partial charge in [-0.1, -0.05) is 28.1 Å². The highest BCUT2D eigenvalue weighted by atomic mass is 79.9. The molecule has 156 valence electrons. The number of imidazole rings is 1. The predicted molar refractivity (Wildman–Crippen MR) is 120 cm³/mol. The molecule has 0 saturated carbocycles. The highest BCUT2D eigenvalue weighted by Gasteiger charge is 2.20. The van der Waals surface area contributed by atoms with Gasteiger partial charge in [0.25, 0.3) is 5.91 Å². The summed E-state index contributed by atoms with van der Waals surface area (Å²) < 4.78 is 2.93. The Hall–Kier alpha value is -2.67. The van der Waals surface area contributed by atoms with Crippen LogP contribution in [0.25, 0.3) is 11.0 Å². The van der Waals surface area contributed by atoms with Gasteiger partial charge in [0.15, 0.2) is 0 Å². The van der Waals surface area contributed by atoms with Crippen LogP contribution >= 0.6 is 15.9 Å². The van der Waals surface area contributed by atoms with Crippen molar-refractivity contribution in [3.05, 3.63) is 64.4 Å². The molecule has 7 heteroatoms. The van der Waals surface area contributed by atoms with E-state index in [0.717, 1.165) is 47.3 Å². The zero-order valence-corrected chi connectivity index (χ0v) is 18.4. The monoisotopic (exact) mass is 468 g/mol. The highest BCUT2D eigenvalue weighted by Crippen LogP contribution is 2.18. The molecule has 2 amide bonds. The number of rotatable bonds is 6. The predicted octanol–water partition coefficient (Wildman–Crippen LogP) is 3.78. The molecule has 30 heavy (non-hydrogen) atoms. The van der Waals surface area contributed by atoms with E-state index < -0.39 is 0 Å². The Labute approximate surface area is 184 Å². The topological polar surface area (TPSA) is 67.2 Å². The van der Waals surface area contributed by atoms with Crippen LogP contribution in [-0.4, -0.2) is 45.9 Å². The largest absolute Gasteiger partial charge is 0.352 e. The first-order valence-electron chi connectivity index (χ1n) is 10.4. The molecule has 0 aliphatic carbocycles. The molecule has 0 bridgehead atoms. The minimum atomic E-state index is -0.116. The number of hydrogen-bond acceptors (Lipinski definition) is 3. The quantitative estimate of drug-likeness (QED) is 0.598. The number of halogens is 1. The van der Waals surface area contributed by atoms with Crippen LogP contribution in [0.15, 0.2) is 53.0 Å². The van der Waals surface area contributed by atoms with Gasteiger partial charge in [0.2, 0.25) is 5.91 Å². The molecule has 2 aromatic carbocycles. The average Bonchev–Trinajstić information content (AvgIpc) is 3.12. The van der Waals surface area contributed by atoms with E-state index in [-0.39, 0.29) is 18.4 Å². The van der Waals surface area contributed by atoms with Gasteiger partial charge in [0, 0.05) is 36.1 Å². The van der Waals surface area contributed by atoms with Crippen molar-refractivity contribution in [1.29, 1.82) is 0 Å². The van der Waals surface area contributed by atoms with Crippen molar-refractivity contribution in [2.45, 2.75) is 32.2 Å². The van der Waals surface area contributed by atoms with Gasteiger partial charge >= 0.3 is 0 Å². The lowest BCUT2D eigenvalue weighted by atomic mass is 10.1. The Balaban J connectivity index is 1.46. The molecular formula is C23H25BrN4O2. The van der Waals surface area contributed by atoms with Crippen molar-refractivity contribution in [3.8, 4) is 0 Å². The lowest BCUT2D eigenvalue weighted by Gasteiger charge is -2.27. The third kappa shape index (κ3) is 4.73. The van der Waals surface area contributed by atoms with Crippen LogP contribution in [-0.2, 0) is 17.8 Å². The SMILES string of the molecule is O=C(NCCc1nc2ccccc2n1CC(=O)N1CCCCC1)c1ccc(Br)cc1. The van der Waals surface area contributed by atoms with E-state index in [1.807, 2.05) is 45.9 Å². The summed E-state index contributed by atoms with van der Waals surface area (Å²) in [5, 5.41) is 2.95.